The van der Waals surface area contributed by atoms with Gasteiger partial charge in [-0.2, -0.15) is 4.57 Å². The van der Waals surface area contributed by atoms with Gasteiger partial charge in [-0.25, -0.2) is 0 Å². The Morgan fingerprint density at radius 2 is 1.54 bits per heavy atom. The maximum Gasteiger partial charge on any atom is 0.216 e. The van der Waals surface area contributed by atoms with E-state index in [1.54, 1.807) is 21.3 Å². The van der Waals surface area contributed by atoms with Crippen LogP contribution in [0.1, 0.15) is 30.4 Å². The summed E-state index contributed by atoms with van der Waals surface area (Å²) in [5, 5.41) is 1.10. The van der Waals surface area contributed by atoms with E-state index in [1.807, 2.05) is 6.07 Å². The Morgan fingerprint density at radius 1 is 0.857 bits per heavy atom. The minimum atomic E-state index is 0. The van der Waals surface area contributed by atoms with Crippen molar-refractivity contribution >= 4 is 10.9 Å². The lowest BCUT2D eigenvalue weighted by Crippen LogP contribution is -3.00. The van der Waals surface area contributed by atoms with E-state index in [-0.39, 0.29) is 12.4 Å². The lowest BCUT2D eigenvalue weighted by molar-refractivity contribution is -0.634. The molecule has 1 aliphatic heterocycles. The van der Waals surface area contributed by atoms with Crippen molar-refractivity contribution in [2.75, 3.05) is 47.6 Å². The first kappa shape index (κ1) is 25.4. The molecule has 5 rings (SSSR count). The van der Waals surface area contributed by atoms with Crippen molar-refractivity contribution in [2.24, 2.45) is 7.05 Å². The van der Waals surface area contributed by atoms with Crippen LogP contribution in [0.15, 0.2) is 30.3 Å². The molecule has 1 aliphatic carbocycles. The summed E-state index contributed by atoms with van der Waals surface area (Å²) < 4.78 is 25.5. The van der Waals surface area contributed by atoms with Gasteiger partial charge in [0.25, 0.3) is 0 Å². The molecule has 2 aliphatic rings. The number of rotatable bonds is 8. The number of pyridine rings is 1. The van der Waals surface area contributed by atoms with Crippen molar-refractivity contribution in [3.63, 3.8) is 0 Å². The van der Waals surface area contributed by atoms with Gasteiger partial charge in [0.05, 0.1) is 38.9 Å². The summed E-state index contributed by atoms with van der Waals surface area (Å²) in [7, 11) is 7.23. The van der Waals surface area contributed by atoms with Crippen LogP contribution in [-0.4, -0.2) is 52.5 Å². The molecule has 0 amide bonds. The summed E-state index contributed by atoms with van der Waals surface area (Å²) in [6.07, 6.45) is 5.59. The van der Waals surface area contributed by atoms with E-state index < -0.39 is 0 Å². The Balaban J connectivity index is 0.00000289. The normalized spacial score (nSPS) is 14.7. The molecule has 7 heteroatoms. The first-order chi connectivity index (χ1) is 16.6. The zero-order valence-electron chi connectivity index (χ0n) is 21.2. The second kappa shape index (κ2) is 10.9. The average molecular weight is 499 g/mol. The zero-order chi connectivity index (χ0) is 23.7. The van der Waals surface area contributed by atoms with Gasteiger partial charge in [0.15, 0.2) is 23.0 Å². The minimum Gasteiger partial charge on any atom is -1.00 e. The largest absolute Gasteiger partial charge is 1.00 e. The number of hydrogen-bond acceptors (Lipinski definition) is 5. The van der Waals surface area contributed by atoms with Gasteiger partial charge in [-0.1, -0.05) is 0 Å². The number of ether oxygens (including phenoxy) is 4. The molecule has 2 aromatic carbocycles. The van der Waals surface area contributed by atoms with Crippen LogP contribution < -0.4 is 35.9 Å². The lowest BCUT2D eigenvalue weighted by atomic mass is 9.87. The second-order valence-electron chi connectivity index (χ2n) is 9.22. The lowest BCUT2D eigenvalue weighted by Gasteiger charge is -2.21. The van der Waals surface area contributed by atoms with Crippen molar-refractivity contribution in [3.8, 4) is 34.3 Å². The SMILES string of the molecule is COc1cc2c(cc1OC)-c1c(cc3c(OCCCN4CCCC4)c(OC)ccc3[n+]1C)CC2.[Cl-]. The predicted molar refractivity (Wildman–Crippen MR) is 133 cm³/mol. The van der Waals surface area contributed by atoms with E-state index >= 15 is 0 Å². The number of aromatic nitrogens is 1. The first-order valence-electron chi connectivity index (χ1n) is 12.3. The highest BCUT2D eigenvalue weighted by Gasteiger charge is 2.29. The van der Waals surface area contributed by atoms with E-state index in [0.717, 1.165) is 59.7 Å². The molecule has 0 radical (unpaired) electrons. The quantitative estimate of drug-likeness (QED) is 0.346. The average Bonchev–Trinajstić information content (AvgIpc) is 3.39. The number of benzene rings is 2. The molecular formula is C28H35ClN2O4. The maximum absolute atomic E-state index is 6.38. The highest BCUT2D eigenvalue weighted by atomic mass is 35.5. The van der Waals surface area contributed by atoms with Crippen LogP contribution >= 0.6 is 0 Å². The fraction of sp³-hybridized carbons (Fsp3) is 0.464. The number of fused-ring (bicyclic) bond motifs is 4. The maximum atomic E-state index is 6.38. The van der Waals surface area contributed by atoms with E-state index in [9.17, 15) is 0 Å². The molecule has 35 heavy (non-hydrogen) atoms. The van der Waals surface area contributed by atoms with Gasteiger partial charge in [-0.05, 0) is 75.0 Å². The number of likely N-dealkylation sites (tertiary alicyclic amines) is 1. The number of aryl methyl sites for hydroxylation is 3. The van der Waals surface area contributed by atoms with Gasteiger partial charge >= 0.3 is 0 Å². The summed E-state index contributed by atoms with van der Waals surface area (Å²) >= 11 is 0. The molecule has 2 heterocycles. The monoisotopic (exact) mass is 498 g/mol. The minimum absolute atomic E-state index is 0. The fourth-order valence-corrected chi connectivity index (χ4v) is 5.52. The number of halogens is 1. The Hall–Kier alpha value is -2.70. The molecule has 1 aromatic heterocycles. The summed E-state index contributed by atoms with van der Waals surface area (Å²) in [6, 6.07) is 10.7. The number of nitrogens with zero attached hydrogens (tertiary/aromatic N) is 2. The third-order valence-corrected chi connectivity index (χ3v) is 7.27. The third kappa shape index (κ3) is 4.74. The van der Waals surface area contributed by atoms with E-state index in [4.69, 9.17) is 18.9 Å². The predicted octanol–water partition coefficient (Wildman–Crippen LogP) is 1.32. The van der Waals surface area contributed by atoms with Crippen LogP contribution in [0.2, 0.25) is 0 Å². The van der Waals surface area contributed by atoms with E-state index in [0.29, 0.717) is 6.61 Å². The van der Waals surface area contributed by atoms with Crippen LogP contribution in [0.3, 0.4) is 0 Å². The smallest absolute Gasteiger partial charge is 0.216 e. The molecule has 188 valence electrons. The summed E-state index contributed by atoms with van der Waals surface area (Å²) in [5.74, 6) is 3.17. The van der Waals surface area contributed by atoms with E-state index in [2.05, 4.69) is 40.8 Å². The summed E-state index contributed by atoms with van der Waals surface area (Å²) in [5.41, 5.74) is 6.14. The van der Waals surface area contributed by atoms with Gasteiger partial charge in [0.1, 0.15) is 7.05 Å². The Kier molecular flexibility index (Phi) is 7.92. The van der Waals surface area contributed by atoms with Gasteiger partial charge in [0, 0.05) is 18.2 Å². The summed E-state index contributed by atoms with van der Waals surface area (Å²) in [6.45, 7) is 4.22. The highest BCUT2D eigenvalue weighted by Crippen LogP contribution is 2.42. The van der Waals surface area contributed by atoms with Crippen LogP contribution in [0.5, 0.6) is 23.0 Å². The molecule has 0 bridgehead atoms. The first-order valence-corrected chi connectivity index (χ1v) is 12.3. The molecule has 3 aromatic rings. The Morgan fingerprint density at radius 3 is 2.26 bits per heavy atom. The van der Waals surface area contributed by atoms with Crippen LogP contribution in [0.4, 0.5) is 0 Å². The Bertz CT molecular complexity index is 1210. The molecule has 0 atom stereocenters. The molecular weight excluding hydrogens is 464 g/mol. The van der Waals surface area contributed by atoms with Gasteiger partial charge < -0.3 is 36.3 Å². The standard InChI is InChI=1S/C28H35N2O4.ClH/c1-29-23-10-11-24(31-2)28(34-15-7-14-30-12-5-6-13-30)22(23)16-20-9-8-19-17-25(32-3)26(33-4)18-21(19)27(20)29;/h10-11,16-18H,5-9,12-15H2,1-4H3;1H/q+1;/p-1. The fourth-order valence-electron chi connectivity index (χ4n) is 5.52. The van der Waals surface area contributed by atoms with Crippen molar-refractivity contribution in [1.82, 2.24) is 4.90 Å². The van der Waals surface area contributed by atoms with Crippen molar-refractivity contribution in [3.05, 3.63) is 41.5 Å². The molecule has 1 fully saturated rings. The Labute approximate surface area is 214 Å². The molecule has 1 saturated heterocycles. The van der Waals surface area contributed by atoms with E-state index in [1.165, 1.54) is 48.3 Å². The van der Waals surface area contributed by atoms with Crippen molar-refractivity contribution in [2.45, 2.75) is 32.1 Å². The van der Waals surface area contributed by atoms with Crippen LogP contribution in [-0.2, 0) is 19.9 Å². The van der Waals surface area contributed by atoms with Crippen molar-refractivity contribution < 1.29 is 35.9 Å². The van der Waals surface area contributed by atoms with Gasteiger partial charge in [-0.3, -0.25) is 0 Å². The van der Waals surface area contributed by atoms with Crippen LogP contribution in [0, 0.1) is 0 Å². The molecule has 0 N–H and O–H groups in total. The van der Waals surface area contributed by atoms with Crippen LogP contribution in [0.25, 0.3) is 22.2 Å². The molecule has 6 nitrogen and oxygen atoms in total. The van der Waals surface area contributed by atoms with Gasteiger partial charge in [0.2, 0.25) is 11.2 Å². The highest BCUT2D eigenvalue weighted by molar-refractivity contribution is 5.88. The number of hydrogen-bond donors (Lipinski definition) is 0. The molecule has 0 saturated carbocycles. The molecule has 0 spiro atoms. The molecule has 0 unspecified atom stereocenters. The van der Waals surface area contributed by atoms with Crippen molar-refractivity contribution in [1.29, 1.82) is 0 Å². The zero-order valence-corrected chi connectivity index (χ0v) is 21.9. The van der Waals surface area contributed by atoms with Gasteiger partial charge in [-0.15, -0.1) is 0 Å². The second-order valence-corrected chi connectivity index (χ2v) is 9.22. The topological polar surface area (TPSA) is 44.0 Å². The number of methoxy groups -OCH3 is 3. The summed E-state index contributed by atoms with van der Waals surface area (Å²) in [4.78, 5) is 2.53. The third-order valence-electron chi connectivity index (χ3n) is 7.27.